The van der Waals surface area contributed by atoms with Crippen LogP contribution >= 0.6 is 11.3 Å². The van der Waals surface area contributed by atoms with E-state index in [0.29, 0.717) is 23.0 Å². The Morgan fingerprint density at radius 1 is 1.09 bits per heavy atom. The monoisotopic (exact) mass is 497 g/mol. The second-order valence-corrected chi connectivity index (χ2v) is 9.27. The Kier molecular flexibility index (Phi) is 8.46. The predicted molar refractivity (Wildman–Crippen MR) is 134 cm³/mol. The molecule has 0 bridgehead atoms. The number of carbonyl (C=O) groups is 2. The number of aryl methyl sites for hydroxylation is 1. The molecule has 7 nitrogen and oxygen atoms in total. The highest BCUT2D eigenvalue weighted by molar-refractivity contribution is 7.18. The molecule has 0 aliphatic carbocycles. The molecule has 0 unspecified atom stereocenters. The third-order valence-corrected chi connectivity index (χ3v) is 6.73. The van der Waals surface area contributed by atoms with Crippen molar-refractivity contribution in [3.63, 3.8) is 0 Å². The van der Waals surface area contributed by atoms with E-state index in [1.54, 1.807) is 6.07 Å². The molecule has 1 aliphatic heterocycles. The molecule has 0 spiro atoms. The fraction of sp³-hybridized carbons (Fsp3) is 0.308. The molecule has 2 N–H and O–H groups in total. The highest BCUT2D eigenvalue weighted by Crippen LogP contribution is 2.27. The van der Waals surface area contributed by atoms with Gasteiger partial charge in [0.2, 0.25) is 0 Å². The Morgan fingerprint density at radius 3 is 2.69 bits per heavy atom. The number of benzene rings is 2. The second kappa shape index (κ2) is 11.9. The first-order chi connectivity index (χ1) is 17.0. The number of nitrogens with one attached hydrogen (secondary N) is 2. The summed E-state index contributed by atoms with van der Waals surface area (Å²) < 4.78 is 24.6. The van der Waals surface area contributed by atoms with Gasteiger partial charge in [-0.3, -0.25) is 14.5 Å². The summed E-state index contributed by atoms with van der Waals surface area (Å²) in [7, 11) is 0. The first kappa shape index (κ1) is 24.8. The van der Waals surface area contributed by atoms with Crippen LogP contribution in [0.1, 0.15) is 31.2 Å². The van der Waals surface area contributed by atoms with E-state index in [1.165, 1.54) is 35.6 Å². The van der Waals surface area contributed by atoms with Crippen LogP contribution in [0.4, 0.5) is 9.39 Å². The van der Waals surface area contributed by atoms with E-state index < -0.39 is 11.7 Å². The fourth-order valence-electron chi connectivity index (χ4n) is 3.71. The van der Waals surface area contributed by atoms with Crippen LogP contribution in [0, 0.1) is 12.7 Å². The van der Waals surface area contributed by atoms with Gasteiger partial charge in [-0.05, 0) is 54.4 Å². The van der Waals surface area contributed by atoms with Crippen LogP contribution in [0.2, 0.25) is 0 Å². The summed E-state index contributed by atoms with van der Waals surface area (Å²) in [5, 5.41) is 6.19. The zero-order valence-electron chi connectivity index (χ0n) is 19.5. The van der Waals surface area contributed by atoms with Crippen molar-refractivity contribution in [2.45, 2.75) is 13.5 Å². The lowest BCUT2D eigenvalue weighted by Crippen LogP contribution is -2.38. The Bertz CT molecular complexity index is 1180. The number of thiophene rings is 1. The summed E-state index contributed by atoms with van der Waals surface area (Å²) in [6.45, 7) is 6.98. The van der Waals surface area contributed by atoms with Crippen molar-refractivity contribution in [2.24, 2.45) is 0 Å². The quantitative estimate of drug-likeness (QED) is 0.466. The van der Waals surface area contributed by atoms with E-state index in [0.717, 1.165) is 49.7 Å². The van der Waals surface area contributed by atoms with Gasteiger partial charge in [-0.1, -0.05) is 18.2 Å². The molecule has 2 aromatic carbocycles. The molecule has 35 heavy (non-hydrogen) atoms. The lowest BCUT2D eigenvalue weighted by Gasteiger charge is -2.26. The fourth-order valence-corrected chi connectivity index (χ4v) is 4.69. The van der Waals surface area contributed by atoms with Crippen LogP contribution in [0.25, 0.3) is 0 Å². The summed E-state index contributed by atoms with van der Waals surface area (Å²) in [6.07, 6.45) is 0. The lowest BCUT2D eigenvalue weighted by molar-refractivity contribution is 0.0322. The van der Waals surface area contributed by atoms with Gasteiger partial charge in [-0.2, -0.15) is 0 Å². The maximum Gasteiger partial charge on any atom is 0.261 e. The highest BCUT2D eigenvalue weighted by Gasteiger charge is 2.16. The van der Waals surface area contributed by atoms with Gasteiger partial charge in [0.05, 0.1) is 23.1 Å². The van der Waals surface area contributed by atoms with Crippen LogP contribution in [0.15, 0.2) is 54.6 Å². The summed E-state index contributed by atoms with van der Waals surface area (Å²) in [5.74, 6) is -0.369. The first-order valence-corrected chi connectivity index (χ1v) is 12.3. The molecule has 0 saturated carbocycles. The number of ether oxygens (including phenoxy) is 2. The number of anilines is 1. The minimum absolute atomic E-state index is 0.217. The van der Waals surface area contributed by atoms with Crippen molar-refractivity contribution in [3.8, 4) is 5.75 Å². The van der Waals surface area contributed by atoms with E-state index in [9.17, 15) is 14.0 Å². The standard InChI is InChI=1S/C26H28FN3O4S/c1-18-14-23(29-25(31)20-5-3-6-21(27)16-20)35-24(18)26(32)28-17-19-4-2-7-22(15-19)34-13-10-30-8-11-33-12-9-30/h2-7,14-16H,8-13,17H2,1H3,(H,28,32)(H,29,31). The predicted octanol–water partition coefficient (Wildman–Crippen LogP) is 4.09. The molecule has 0 atom stereocenters. The number of rotatable bonds is 9. The molecule has 0 radical (unpaired) electrons. The number of hydrogen-bond donors (Lipinski definition) is 2. The van der Waals surface area contributed by atoms with Gasteiger partial charge in [-0.15, -0.1) is 11.3 Å². The van der Waals surface area contributed by atoms with Crippen molar-refractivity contribution in [1.82, 2.24) is 10.2 Å². The van der Waals surface area contributed by atoms with E-state index in [4.69, 9.17) is 9.47 Å². The molecule has 1 aromatic heterocycles. The highest BCUT2D eigenvalue weighted by atomic mass is 32.1. The lowest BCUT2D eigenvalue weighted by atomic mass is 10.2. The van der Waals surface area contributed by atoms with E-state index in [1.807, 2.05) is 31.2 Å². The molecular formula is C26H28FN3O4S. The molecule has 1 fully saturated rings. The van der Waals surface area contributed by atoms with E-state index >= 15 is 0 Å². The van der Waals surface area contributed by atoms with Gasteiger partial charge in [0.25, 0.3) is 11.8 Å². The molecule has 4 rings (SSSR count). The Hall–Kier alpha value is -3.27. The average Bonchev–Trinajstić information content (AvgIpc) is 3.23. The molecular weight excluding hydrogens is 469 g/mol. The SMILES string of the molecule is Cc1cc(NC(=O)c2cccc(F)c2)sc1C(=O)NCc1cccc(OCCN2CCOCC2)c1. The minimum Gasteiger partial charge on any atom is -0.492 e. The maximum atomic E-state index is 13.4. The third kappa shape index (κ3) is 7.11. The van der Waals surface area contributed by atoms with Crippen LogP contribution in [-0.2, 0) is 11.3 Å². The molecule has 2 heterocycles. The molecule has 2 amide bonds. The molecule has 184 valence electrons. The second-order valence-electron chi connectivity index (χ2n) is 8.22. The van der Waals surface area contributed by atoms with Crippen LogP contribution in [-0.4, -0.2) is 56.2 Å². The van der Waals surface area contributed by atoms with Gasteiger partial charge in [0.15, 0.2) is 0 Å². The number of carbonyl (C=O) groups excluding carboxylic acids is 2. The van der Waals surface area contributed by atoms with Gasteiger partial charge in [-0.25, -0.2) is 4.39 Å². The number of halogens is 1. The van der Waals surface area contributed by atoms with Gasteiger partial charge in [0, 0.05) is 31.7 Å². The zero-order valence-corrected chi connectivity index (χ0v) is 20.3. The van der Waals surface area contributed by atoms with E-state index in [2.05, 4.69) is 15.5 Å². The number of morpholine rings is 1. The molecule has 1 saturated heterocycles. The topological polar surface area (TPSA) is 79.9 Å². The largest absolute Gasteiger partial charge is 0.492 e. The normalized spacial score (nSPS) is 13.9. The first-order valence-electron chi connectivity index (χ1n) is 11.5. The van der Waals surface area contributed by atoms with Crippen LogP contribution < -0.4 is 15.4 Å². The van der Waals surface area contributed by atoms with Crippen molar-refractivity contribution >= 4 is 28.2 Å². The minimum atomic E-state index is -0.480. The average molecular weight is 498 g/mol. The van der Waals surface area contributed by atoms with Crippen molar-refractivity contribution in [2.75, 3.05) is 44.8 Å². The molecule has 3 aromatic rings. The van der Waals surface area contributed by atoms with Gasteiger partial charge < -0.3 is 20.1 Å². The summed E-state index contributed by atoms with van der Waals surface area (Å²) in [6, 6.07) is 14.9. The summed E-state index contributed by atoms with van der Waals surface area (Å²) in [4.78, 5) is 28.0. The number of hydrogen-bond acceptors (Lipinski definition) is 6. The zero-order chi connectivity index (χ0) is 24.6. The van der Waals surface area contributed by atoms with Crippen LogP contribution in [0.5, 0.6) is 5.75 Å². The van der Waals surface area contributed by atoms with Crippen molar-refractivity contribution in [3.05, 3.63) is 82.0 Å². The summed E-state index contributed by atoms with van der Waals surface area (Å²) in [5.41, 5.74) is 1.90. The number of nitrogens with zero attached hydrogens (tertiary/aromatic N) is 1. The molecule has 9 heteroatoms. The Morgan fingerprint density at radius 2 is 1.89 bits per heavy atom. The van der Waals surface area contributed by atoms with Crippen LogP contribution in [0.3, 0.4) is 0 Å². The smallest absolute Gasteiger partial charge is 0.261 e. The number of amides is 2. The van der Waals surface area contributed by atoms with Crippen molar-refractivity contribution < 1.29 is 23.5 Å². The van der Waals surface area contributed by atoms with Gasteiger partial charge >= 0.3 is 0 Å². The molecule has 1 aliphatic rings. The van der Waals surface area contributed by atoms with E-state index in [-0.39, 0.29) is 11.5 Å². The Labute approximate surface area is 207 Å². The maximum absolute atomic E-state index is 13.4. The Balaban J connectivity index is 1.28. The van der Waals surface area contributed by atoms with Gasteiger partial charge in [0.1, 0.15) is 18.2 Å². The summed E-state index contributed by atoms with van der Waals surface area (Å²) >= 11 is 1.18. The van der Waals surface area contributed by atoms with Crippen molar-refractivity contribution in [1.29, 1.82) is 0 Å². The third-order valence-electron chi connectivity index (χ3n) is 5.58.